The first-order valence-electron chi connectivity index (χ1n) is 4.01. The van der Waals surface area contributed by atoms with Gasteiger partial charge in [-0.05, 0) is 11.6 Å². The molecule has 78 valence electrons. The summed E-state index contributed by atoms with van der Waals surface area (Å²) in [6.07, 6.45) is 1.51. The summed E-state index contributed by atoms with van der Waals surface area (Å²) in [6, 6.07) is 3.45. The molecular weight excluding hydrogens is 202 g/mol. The van der Waals surface area contributed by atoms with E-state index in [1.807, 2.05) is 19.0 Å². The molecule has 0 aliphatic heterocycles. The lowest BCUT2D eigenvalue weighted by Gasteiger charge is -2.10. The minimum Gasteiger partial charge on any atom is -0.363 e. The van der Waals surface area contributed by atoms with E-state index in [1.54, 1.807) is 12.1 Å². The van der Waals surface area contributed by atoms with Crippen molar-refractivity contribution in [2.45, 2.75) is 5.75 Å². The molecule has 0 aliphatic carbocycles. The van der Waals surface area contributed by atoms with E-state index in [0.717, 1.165) is 5.82 Å². The molecule has 1 rings (SSSR count). The van der Waals surface area contributed by atoms with Gasteiger partial charge in [-0.1, -0.05) is 6.07 Å². The highest BCUT2D eigenvalue weighted by Crippen LogP contribution is 2.09. The van der Waals surface area contributed by atoms with Crippen LogP contribution >= 0.6 is 0 Å². The maximum absolute atomic E-state index is 10.8. The molecule has 6 heteroatoms. The molecule has 1 aromatic rings. The third-order valence-corrected chi connectivity index (χ3v) is 2.37. The van der Waals surface area contributed by atoms with E-state index in [9.17, 15) is 8.42 Å². The van der Waals surface area contributed by atoms with Crippen LogP contribution in [0.1, 0.15) is 5.56 Å². The van der Waals surface area contributed by atoms with Gasteiger partial charge >= 0.3 is 0 Å². The van der Waals surface area contributed by atoms with Crippen LogP contribution in [0.5, 0.6) is 0 Å². The molecule has 0 spiro atoms. The van der Waals surface area contributed by atoms with Gasteiger partial charge in [-0.25, -0.2) is 18.5 Å². The van der Waals surface area contributed by atoms with E-state index in [2.05, 4.69) is 4.98 Å². The quantitative estimate of drug-likeness (QED) is 0.766. The fraction of sp³-hybridized carbons (Fsp3) is 0.375. The molecule has 0 saturated carbocycles. The molecule has 5 nitrogen and oxygen atoms in total. The Morgan fingerprint density at radius 3 is 2.43 bits per heavy atom. The van der Waals surface area contributed by atoms with E-state index in [0.29, 0.717) is 5.56 Å². The molecule has 0 atom stereocenters. The minimum atomic E-state index is -3.46. The van der Waals surface area contributed by atoms with Crippen molar-refractivity contribution < 1.29 is 8.42 Å². The van der Waals surface area contributed by atoms with Crippen molar-refractivity contribution in [2.75, 3.05) is 19.0 Å². The SMILES string of the molecule is CN(C)c1ccc(CS(N)(=O)=O)cn1. The first kappa shape index (κ1) is 10.9. The highest BCUT2D eigenvalue weighted by Gasteiger charge is 2.05. The fourth-order valence-corrected chi connectivity index (χ4v) is 1.63. The van der Waals surface area contributed by atoms with Gasteiger partial charge in [0.05, 0.1) is 5.75 Å². The van der Waals surface area contributed by atoms with Gasteiger partial charge in [0.25, 0.3) is 0 Å². The van der Waals surface area contributed by atoms with E-state index >= 15 is 0 Å². The molecule has 0 fully saturated rings. The van der Waals surface area contributed by atoms with Crippen LogP contribution in [0.4, 0.5) is 5.82 Å². The number of hydrogen-bond acceptors (Lipinski definition) is 4. The number of anilines is 1. The van der Waals surface area contributed by atoms with Crippen LogP contribution in [0.2, 0.25) is 0 Å². The summed E-state index contributed by atoms with van der Waals surface area (Å²) in [4.78, 5) is 5.90. The Morgan fingerprint density at radius 1 is 1.43 bits per heavy atom. The lowest BCUT2D eigenvalue weighted by molar-refractivity contribution is 0.597. The molecule has 2 N–H and O–H groups in total. The number of primary sulfonamides is 1. The summed E-state index contributed by atoms with van der Waals surface area (Å²) in [5.41, 5.74) is 0.595. The second kappa shape index (κ2) is 3.93. The second-order valence-electron chi connectivity index (χ2n) is 3.23. The summed E-state index contributed by atoms with van der Waals surface area (Å²) < 4.78 is 21.5. The standard InChI is InChI=1S/C8H13N3O2S/c1-11(2)8-4-3-7(5-10-8)6-14(9,12)13/h3-5H,6H2,1-2H3,(H2,9,12,13). The third-order valence-electron chi connectivity index (χ3n) is 1.64. The van der Waals surface area contributed by atoms with Gasteiger partial charge in [-0.15, -0.1) is 0 Å². The zero-order valence-electron chi connectivity index (χ0n) is 8.14. The number of aromatic nitrogens is 1. The van der Waals surface area contributed by atoms with Gasteiger partial charge < -0.3 is 4.90 Å². The molecule has 0 aromatic carbocycles. The maximum atomic E-state index is 10.8. The van der Waals surface area contributed by atoms with Crippen LogP contribution in [-0.2, 0) is 15.8 Å². The van der Waals surface area contributed by atoms with Crippen LogP contribution in [0, 0.1) is 0 Å². The minimum absolute atomic E-state index is 0.173. The van der Waals surface area contributed by atoms with Gasteiger partial charge in [-0.3, -0.25) is 0 Å². The lowest BCUT2D eigenvalue weighted by Crippen LogP contribution is -2.15. The molecule has 0 aliphatic rings. The summed E-state index contributed by atoms with van der Waals surface area (Å²) in [5.74, 6) is 0.608. The Labute approximate surface area is 83.6 Å². The first-order valence-corrected chi connectivity index (χ1v) is 5.73. The van der Waals surface area contributed by atoms with Crippen molar-refractivity contribution in [2.24, 2.45) is 5.14 Å². The Morgan fingerprint density at radius 2 is 2.07 bits per heavy atom. The lowest BCUT2D eigenvalue weighted by atomic mass is 10.3. The van der Waals surface area contributed by atoms with Crippen LogP contribution in [0.25, 0.3) is 0 Å². The van der Waals surface area contributed by atoms with Crippen molar-refractivity contribution in [3.05, 3.63) is 23.9 Å². The third kappa shape index (κ3) is 3.31. The molecule has 0 radical (unpaired) electrons. The fourth-order valence-electron chi connectivity index (χ4n) is 0.999. The van der Waals surface area contributed by atoms with Crippen molar-refractivity contribution in [1.29, 1.82) is 0 Å². The summed E-state index contributed by atoms with van der Waals surface area (Å²) >= 11 is 0. The van der Waals surface area contributed by atoms with Gasteiger partial charge in [0.15, 0.2) is 0 Å². The molecule has 14 heavy (non-hydrogen) atoms. The van der Waals surface area contributed by atoms with Gasteiger partial charge in [0, 0.05) is 20.3 Å². The summed E-state index contributed by atoms with van der Waals surface area (Å²) in [6.45, 7) is 0. The van der Waals surface area contributed by atoms with Crippen LogP contribution in [0.15, 0.2) is 18.3 Å². The second-order valence-corrected chi connectivity index (χ2v) is 4.84. The first-order chi connectivity index (χ1) is 6.38. The van der Waals surface area contributed by atoms with Crippen LogP contribution in [0.3, 0.4) is 0 Å². The number of nitrogens with zero attached hydrogens (tertiary/aromatic N) is 2. The van der Waals surface area contributed by atoms with Crippen molar-refractivity contribution >= 4 is 15.8 Å². The molecule has 1 heterocycles. The predicted molar refractivity (Wildman–Crippen MR) is 55.4 cm³/mol. The van der Waals surface area contributed by atoms with Crippen molar-refractivity contribution in [3.63, 3.8) is 0 Å². The largest absolute Gasteiger partial charge is 0.363 e. The number of pyridine rings is 1. The zero-order valence-corrected chi connectivity index (χ0v) is 8.95. The molecule has 0 bridgehead atoms. The van der Waals surface area contributed by atoms with Crippen molar-refractivity contribution in [3.8, 4) is 0 Å². The molecular formula is C8H13N3O2S. The number of sulfonamides is 1. The van der Waals surface area contributed by atoms with Gasteiger partial charge in [0.2, 0.25) is 10.0 Å². The Balaban J connectivity index is 2.84. The monoisotopic (exact) mass is 215 g/mol. The van der Waals surface area contributed by atoms with Gasteiger partial charge in [-0.2, -0.15) is 0 Å². The maximum Gasteiger partial charge on any atom is 0.213 e. The molecule has 0 saturated heterocycles. The van der Waals surface area contributed by atoms with Crippen LogP contribution in [-0.4, -0.2) is 27.5 Å². The molecule has 0 amide bonds. The number of rotatable bonds is 3. The smallest absolute Gasteiger partial charge is 0.213 e. The summed E-state index contributed by atoms with van der Waals surface area (Å²) in [5, 5.41) is 4.90. The van der Waals surface area contributed by atoms with Crippen molar-refractivity contribution in [1.82, 2.24) is 4.98 Å². The average molecular weight is 215 g/mol. The molecule has 0 unspecified atom stereocenters. The number of nitrogens with two attached hydrogens (primary N) is 1. The topological polar surface area (TPSA) is 76.3 Å². The predicted octanol–water partition coefficient (Wildman–Crippen LogP) is -0.0639. The zero-order chi connectivity index (χ0) is 10.8. The Bertz CT molecular complexity index is 397. The van der Waals surface area contributed by atoms with E-state index in [4.69, 9.17) is 5.14 Å². The highest BCUT2D eigenvalue weighted by atomic mass is 32.2. The van der Waals surface area contributed by atoms with Crippen LogP contribution < -0.4 is 10.0 Å². The van der Waals surface area contributed by atoms with E-state index < -0.39 is 10.0 Å². The van der Waals surface area contributed by atoms with E-state index in [-0.39, 0.29) is 5.75 Å². The number of hydrogen-bond donors (Lipinski definition) is 1. The average Bonchev–Trinajstić information content (AvgIpc) is 2.02. The highest BCUT2D eigenvalue weighted by molar-refractivity contribution is 7.88. The normalized spacial score (nSPS) is 11.4. The van der Waals surface area contributed by atoms with E-state index in [1.165, 1.54) is 6.20 Å². The summed E-state index contributed by atoms with van der Waals surface area (Å²) in [7, 11) is 0.262. The molecule has 1 aromatic heterocycles. The Hall–Kier alpha value is -1.14. The Kier molecular flexibility index (Phi) is 3.07. The van der Waals surface area contributed by atoms with Gasteiger partial charge in [0.1, 0.15) is 5.82 Å².